The van der Waals surface area contributed by atoms with Crippen LogP contribution in [0.2, 0.25) is 0 Å². The second-order valence-electron chi connectivity index (χ2n) is 7.62. The van der Waals surface area contributed by atoms with Crippen LogP contribution in [0.25, 0.3) is 0 Å². The summed E-state index contributed by atoms with van der Waals surface area (Å²) in [5, 5.41) is 10.5. The molecule has 24 heavy (non-hydrogen) atoms. The van der Waals surface area contributed by atoms with Crippen molar-refractivity contribution in [1.82, 2.24) is 4.90 Å². The Morgan fingerprint density at radius 1 is 1.08 bits per heavy atom. The zero-order chi connectivity index (χ0) is 17.1. The van der Waals surface area contributed by atoms with E-state index in [1.807, 2.05) is 4.90 Å². The molecule has 3 rings (SSSR count). The first-order chi connectivity index (χ1) is 11.5. The van der Waals surface area contributed by atoms with E-state index in [1.54, 1.807) is 12.1 Å². The van der Waals surface area contributed by atoms with Crippen LogP contribution in [0.4, 0.5) is 4.39 Å². The maximum atomic E-state index is 13.0. The Hall–Kier alpha value is -1.42. The lowest BCUT2D eigenvalue weighted by Gasteiger charge is -2.37. The molecule has 0 bridgehead atoms. The van der Waals surface area contributed by atoms with Crippen molar-refractivity contribution in [2.24, 2.45) is 17.8 Å². The minimum absolute atomic E-state index is 0.144. The summed E-state index contributed by atoms with van der Waals surface area (Å²) in [5.41, 5.74) is 0.766. The van der Waals surface area contributed by atoms with Crippen LogP contribution in [0, 0.1) is 23.6 Å². The van der Waals surface area contributed by atoms with Gasteiger partial charge in [0.1, 0.15) is 5.82 Å². The molecular weight excluding hydrogens is 305 g/mol. The number of carbonyl (C=O) groups is 1. The first-order valence-electron chi connectivity index (χ1n) is 9.27. The normalized spacial score (nSPS) is 27.0. The van der Waals surface area contributed by atoms with Gasteiger partial charge in [-0.1, -0.05) is 19.1 Å². The van der Waals surface area contributed by atoms with E-state index >= 15 is 0 Å². The van der Waals surface area contributed by atoms with Gasteiger partial charge in [0, 0.05) is 19.0 Å². The number of carbonyl (C=O) groups excluding carboxylic acids is 1. The molecule has 1 aliphatic carbocycles. The number of rotatable bonds is 3. The molecule has 1 aliphatic heterocycles. The first kappa shape index (κ1) is 17.4. The largest absolute Gasteiger partial charge is 0.388 e. The standard InChI is InChI=1S/C20H28FNO2/c1-14-2-4-17(5-3-14)20(24)22-12-10-16(11-13-22)19(23)15-6-8-18(21)9-7-15/h6-9,14,16-17,19,23H,2-5,10-13H2,1H3. The van der Waals surface area contributed by atoms with Crippen molar-refractivity contribution in [3.8, 4) is 0 Å². The maximum absolute atomic E-state index is 13.0. The molecule has 1 unspecified atom stereocenters. The van der Waals surface area contributed by atoms with Crippen LogP contribution < -0.4 is 0 Å². The molecule has 1 N–H and O–H groups in total. The number of halogens is 1. The number of amides is 1. The molecule has 1 saturated carbocycles. The van der Waals surface area contributed by atoms with Crippen LogP contribution in [0.1, 0.15) is 57.1 Å². The van der Waals surface area contributed by atoms with Gasteiger partial charge in [0.2, 0.25) is 5.91 Å². The van der Waals surface area contributed by atoms with E-state index < -0.39 is 6.10 Å². The Morgan fingerprint density at radius 3 is 2.25 bits per heavy atom. The third-order valence-electron chi connectivity index (χ3n) is 5.87. The molecule has 1 amide bonds. The lowest BCUT2D eigenvalue weighted by Crippen LogP contribution is -2.43. The molecule has 1 aromatic rings. The quantitative estimate of drug-likeness (QED) is 0.910. The molecule has 3 nitrogen and oxygen atoms in total. The van der Waals surface area contributed by atoms with Crippen molar-refractivity contribution in [3.63, 3.8) is 0 Å². The van der Waals surface area contributed by atoms with Crippen molar-refractivity contribution >= 4 is 5.91 Å². The van der Waals surface area contributed by atoms with Gasteiger partial charge >= 0.3 is 0 Å². The number of hydrogen-bond acceptors (Lipinski definition) is 2. The minimum atomic E-state index is -0.571. The highest BCUT2D eigenvalue weighted by atomic mass is 19.1. The molecule has 2 fully saturated rings. The third kappa shape index (κ3) is 3.97. The Kier molecular flexibility index (Phi) is 5.54. The molecular formula is C20H28FNO2. The van der Waals surface area contributed by atoms with Crippen LogP contribution >= 0.6 is 0 Å². The number of benzene rings is 1. The molecule has 2 aliphatic rings. The molecule has 0 radical (unpaired) electrons. The lowest BCUT2D eigenvalue weighted by molar-refractivity contribution is -0.138. The number of nitrogens with zero attached hydrogens (tertiary/aromatic N) is 1. The van der Waals surface area contributed by atoms with Crippen molar-refractivity contribution in [2.75, 3.05) is 13.1 Å². The van der Waals surface area contributed by atoms with Gasteiger partial charge in [0.25, 0.3) is 0 Å². The molecule has 1 heterocycles. The first-order valence-corrected chi connectivity index (χ1v) is 9.27. The van der Waals surface area contributed by atoms with E-state index in [0.717, 1.165) is 63.1 Å². The second kappa shape index (κ2) is 7.64. The van der Waals surface area contributed by atoms with E-state index in [0.29, 0.717) is 5.91 Å². The van der Waals surface area contributed by atoms with Crippen LogP contribution in [0.3, 0.4) is 0 Å². The van der Waals surface area contributed by atoms with E-state index in [-0.39, 0.29) is 17.7 Å². The Bertz CT molecular complexity index is 543. The van der Waals surface area contributed by atoms with E-state index in [2.05, 4.69) is 6.92 Å². The summed E-state index contributed by atoms with van der Waals surface area (Å²) in [4.78, 5) is 14.7. The summed E-state index contributed by atoms with van der Waals surface area (Å²) < 4.78 is 13.0. The van der Waals surface area contributed by atoms with Gasteiger partial charge in [-0.25, -0.2) is 4.39 Å². The van der Waals surface area contributed by atoms with Gasteiger partial charge in [-0.2, -0.15) is 0 Å². The molecule has 132 valence electrons. The minimum Gasteiger partial charge on any atom is -0.388 e. The molecule has 1 atom stereocenters. The van der Waals surface area contributed by atoms with Gasteiger partial charge in [-0.05, 0) is 68.1 Å². The fraction of sp³-hybridized carbons (Fsp3) is 0.650. The number of piperidine rings is 1. The van der Waals surface area contributed by atoms with Gasteiger partial charge in [-0.3, -0.25) is 4.79 Å². The van der Waals surface area contributed by atoms with E-state index in [9.17, 15) is 14.3 Å². The smallest absolute Gasteiger partial charge is 0.225 e. The predicted octanol–water partition coefficient (Wildman–Crippen LogP) is 3.92. The molecule has 1 saturated heterocycles. The number of aliphatic hydroxyl groups is 1. The predicted molar refractivity (Wildman–Crippen MR) is 91.8 cm³/mol. The highest BCUT2D eigenvalue weighted by Crippen LogP contribution is 2.33. The van der Waals surface area contributed by atoms with Gasteiger partial charge < -0.3 is 10.0 Å². The van der Waals surface area contributed by atoms with Crippen LogP contribution in [0.15, 0.2) is 24.3 Å². The van der Waals surface area contributed by atoms with Crippen molar-refractivity contribution < 1.29 is 14.3 Å². The van der Waals surface area contributed by atoms with Crippen molar-refractivity contribution in [1.29, 1.82) is 0 Å². The summed E-state index contributed by atoms with van der Waals surface area (Å²) in [7, 11) is 0. The average Bonchev–Trinajstić information content (AvgIpc) is 2.62. The molecule has 0 aromatic heterocycles. The second-order valence-corrected chi connectivity index (χ2v) is 7.62. The average molecular weight is 333 g/mol. The number of likely N-dealkylation sites (tertiary alicyclic amines) is 1. The van der Waals surface area contributed by atoms with Crippen molar-refractivity contribution in [2.45, 2.75) is 51.6 Å². The van der Waals surface area contributed by atoms with Crippen LogP contribution in [-0.4, -0.2) is 29.0 Å². The Labute approximate surface area is 143 Å². The highest BCUT2D eigenvalue weighted by molar-refractivity contribution is 5.79. The molecule has 1 aromatic carbocycles. The van der Waals surface area contributed by atoms with E-state index in [4.69, 9.17) is 0 Å². The van der Waals surface area contributed by atoms with Gasteiger partial charge in [0.15, 0.2) is 0 Å². The number of aliphatic hydroxyl groups excluding tert-OH is 1. The number of hydrogen-bond donors (Lipinski definition) is 1. The Morgan fingerprint density at radius 2 is 1.67 bits per heavy atom. The van der Waals surface area contributed by atoms with Crippen LogP contribution in [0.5, 0.6) is 0 Å². The summed E-state index contributed by atoms with van der Waals surface area (Å²) in [6.07, 6.45) is 5.43. The lowest BCUT2D eigenvalue weighted by atomic mass is 9.81. The molecule has 0 spiro atoms. The third-order valence-corrected chi connectivity index (χ3v) is 5.87. The van der Waals surface area contributed by atoms with E-state index in [1.165, 1.54) is 12.1 Å². The maximum Gasteiger partial charge on any atom is 0.225 e. The summed E-state index contributed by atoms with van der Waals surface area (Å²) in [6.45, 7) is 3.73. The SMILES string of the molecule is CC1CCC(C(=O)N2CCC(C(O)c3ccc(F)cc3)CC2)CC1. The monoisotopic (exact) mass is 333 g/mol. The summed E-state index contributed by atoms with van der Waals surface area (Å²) in [5.74, 6) is 1.14. The van der Waals surface area contributed by atoms with Crippen LogP contribution in [-0.2, 0) is 4.79 Å². The van der Waals surface area contributed by atoms with Gasteiger partial charge in [-0.15, -0.1) is 0 Å². The van der Waals surface area contributed by atoms with Crippen molar-refractivity contribution in [3.05, 3.63) is 35.6 Å². The summed E-state index contributed by atoms with van der Waals surface area (Å²) in [6, 6.07) is 6.09. The fourth-order valence-corrected chi connectivity index (χ4v) is 4.13. The zero-order valence-electron chi connectivity index (χ0n) is 14.5. The Balaban J connectivity index is 1.51. The zero-order valence-corrected chi connectivity index (χ0v) is 14.5. The summed E-state index contributed by atoms with van der Waals surface area (Å²) >= 11 is 0. The fourth-order valence-electron chi connectivity index (χ4n) is 4.13. The highest BCUT2D eigenvalue weighted by Gasteiger charge is 2.32. The topological polar surface area (TPSA) is 40.5 Å². The van der Waals surface area contributed by atoms with Gasteiger partial charge in [0.05, 0.1) is 6.10 Å². The molecule has 4 heteroatoms.